The normalized spacial score (nSPS) is 21.0. The van der Waals surface area contributed by atoms with E-state index in [0.717, 1.165) is 42.2 Å². The summed E-state index contributed by atoms with van der Waals surface area (Å²) in [5.74, 6) is 1.20. The minimum absolute atomic E-state index is 0.325. The maximum absolute atomic E-state index is 11.6. The summed E-state index contributed by atoms with van der Waals surface area (Å²) in [4.78, 5) is 17.1. The Morgan fingerprint density at radius 1 is 1.36 bits per heavy atom. The fourth-order valence-electron chi connectivity index (χ4n) is 1.97. The van der Waals surface area contributed by atoms with Gasteiger partial charge in [0.15, 0.2) is 5.78 Å². The minimum Gasteiger partial charge on any atom is -0.293 e. The molecule has 0 radical (unpaired) electrons. The lowest BCUT2D eigenvalue weighted by molar-refractivity contribution is 0.0976. The molecule has 14 heavy (non-hydrogen) atoms. The number of thiazole rings is 1. The molecule has 1 fully saturated rings. The number of hydrogen-bond acceptors (Lipinski definition) is 3. The van der Waals surface area contributed by atoms with E-state index in [9.17, 15) is 4.79 Å². The van der Waals surface area contributed by atoms with Crippen LogP contribution in [0.2, 0.25) is 0 Å². The highest BCUT2D eigenvalue weighted by Crippen LogP contribution is 2.35. The number of ketones is 1. The lowest BCUT2D eigenvalue weighted by Crippen LogP contribution is -2.07. The second kappa shape index (κ2) is 3.16. The summed E-state index contributed by atoms with van der Waals surface area (Å²) >= 11 is 1.65. The SMILES string of the molecule is O=C1CCCc2nc(CC3CC3)sc21. The summed E-state index contributed by atoms with van der Waals surface area (Å²) < 4.78 is 0. The quantitative estimate of drug-likeness (QED) is 0.746. The van der Waals surface area contributed by atoms with Crippen LogP contribution in [0.25, 0.3) is 0 Å². The van der Waals surface area contributed by atoms with Gasteiger partial charge in [0, 0.05) is 12.8 Å². The van der Waals surface area contributed by atoms with Crippen LogP contribution in [-0.2, 0) is 12.8 Å². The smallest absolute Gasteiger partial charge is 0.174 e. The zero-order valence-electron chi connectivity index (χ0n) is 8.08. The Bertz CT molecular complexity index is 379. The van der Waals surface area contributed by atoms with Gasteiger partial charge < -0.3 is 0 Å². The minimum atomic E-state index is 0.325. The van der Waals surface area contributed by atoms with Gasteiger partial charge in [0.05, 0.1) is 15.6 Å². The molecule has 0 aromatic carbocycles. The van der Waals surface area contributed by atoms with Crippen LogP contribution in [0.1, 0.15) is 46.1 Å². The van der Waals surface area contributed by atoms with Crippen LogP contribution >= 0.6 is 11.3 Å². The van der Waals surface area contributed by atoms with Crippen LogP contribution in [0.5, 0.6) is 0 Å². The zero-order valence-corrected chi connectivity index (χ0v) is 8.90. The molecule has 3 heteroatoms. The molecule has 0 N–H and O–H groups in total. The molecular weight excluding hydrogens is 194 g/mol. The maximum Gasteiger partial charge on any atom is 0.174 e. The van der Waals surface area contributed by atoms with E-state index in [0.29, 0.717) is 5.78 Å². The summed E-state index contributed by atoms with van der Waals surface area (Å²) in [6, 6.07) is 0. The van der Waals surface area contributed by atoms with Crippen LogP contribution in [-0.4, -0.2) is 10.8 Å². The third-order valence-electron chi connectivity index (χ3n) is 2.97. The lowest BCUT2D eigenvalue weighted by atomic mass is 10.0. The summed E-state index contributed by atoms with van der Waals surface area (Å²) in [6.07, 6.45) is 6.58. The Morgan fingerprint density at radius 3 is 2.93 bits per heavy atom. The van der Waals surface area contributed by atoms with Crippen molar-refractivity contribution in [1.82, 2.24) is 4.98 Å². The van der Waals surface area contributed by atoms with Gasteiger partial charge in [0.25, 0.3) is 0 Å². The third kappa shape index (κ3) is 1.50. The highest BCUT2D eigenvalue weighted by molar-refractivity contribution is 7.13. The molecule has 2 nitrogen and oxygen atoms in total. The van der Waals surface area contributed by atoms with Crippen molar-refractivity contribution < 1.29 is 4.79 Å². The number of nitrogens with zero attached hydrogens (tertiary/aromatic N) is 1. The first-order valence-electron chi connectivity index (χ1n) is 5.34. The highest BCUT2D eigenvalue weighted by atomic mass is 32.1. The van der Waals surface area contributed by atoms with Crippen molar-refractivity contribution in [1.29, 1.82) is 0 Å². The summed E-state index contributed by atoms with van der Waals surface area (Å²) in [7, 11) is 0. The van der Waals surface area contributed by atoms with E-state index in [1.807, 2.05) is 0 Å². The van der Waals surface area contributed by atoms with Gasteiger partial charge in [-0.25, -0.2) is 4.98 Å². The number of Topliss-reactive ketones (excluding diaryl/α,β-unsaturated/α-hetero) is 1. The van der Waals surface area contributed by atoms with Gasteiger partial charge in [-0.05, 0) is 31.6 Å². The number of fused-ring (bicyclic) bond motifs is 1. The second-order valence-corrected chi connectivity index (χ2v) is 5.39. The van der Waals surface area contributed by atoms with E-state index in [4.69, 9.17) is 0 Å². The Balaban J connectivity index is 1.88. The molecule has 2 aliphatic carbocycles. The van der Waals surface area contributed by atoms with Crippen LogP contribution in [0.15, 0.2) is 0 Å². The Hall–Kier alpha value is -0.700. The molecule has 0 atom stereocenters. The molecule has 1 saturated carbocycles. The van der Waals surface area contributed by atoms with Crippen molar-refractivity contribution in [3.8, 4) is 0 Å². The number of carbonyl (C=O) groups excluding carboxylic acids is 1. The summed E-state index contributed by atoms with van der Waals surface area (Å²) in [5.41, 5.74) is 1.09. The molecule has 0 bridgehead atoms. The van der Waals surface area contributed by atoms with Gasteiger partial charge in [-0.1, -0.05) is 0 Å². The van der Waals surface area contributed by atoms with Gasteiger partial charge in [-0.2, -0.15) is 0 Å². The highest BCUT2D eigenvalue weighted by Gasteiger charge is 2.26. The average molecular weight is 207 g/mol. The average Bonchev–Trinajstić information content (AvgIpc) is 2.84. The summed E-state index contributed by atoms with van der Waals surface area (Å²) in [5, 5.41) is 1.20. The molecule has 3 rings (SSSR count). The van der Waals surface area contributed by atoms with Crippen molar-refractivity contribution in [3.63, 3.8) is 0 Å². The molecule has 0 spiro atoms. The van der Waals surface area contributed by atoms with E-state index in [-0.39, 0.29) is 0 Å². The molecule has 2 aliphatic rings. The van der Waals surface area contributed by atoms with Crippen LogP contribution in [0, 0.1) is 5.92 Å². The number of hydrogen-bond donors (Lipinski definition) is 0. The fourth-order valence-corrected chi connectivity index (χ4v) is 3.17. The van der Waals surface area contributed by atoms with Crippen molar-refractivity contribution >= 4 is 17.1 Å². The van der Waals surface area contributed by atoms with Gasteiger partial charge >= 0.3 is 0 Å². The van der Waals surface area contributed by atoms with Crippen molar-refractivity contribution in [2.45, 2.75) is 38.5 Å². The Kier molecular flexibility index (Phi) is 1.94. The number of aryl methyl sites for hydroxylation is 1. The molecule has 0 aliphatic heterocycles. The van der Waals surface area contributed by atoms with Crippen molar-refractivity contribution in [2.75, 3.05) is 0 Å². The first kappa shape index (κ1) is 8.60. The van der Waals surface area contributed by atoms with E-state index in [2.05, 4.69) is 4.98 Å². The number of aromatic nitrogens is 1. The van der Waals surface area contributed by atoms with E-state index < -0.39 is 0 Å². The third-order valence-corrected chi connectivity index (χ3v) is 4.13. The van der Waals surface area contributed by atoms with Gasteiger partial charge in [-0.3, -0.25) is 4.79 Å². The predicted octanol–water partition coefficient (Wildman–Crippen LogP) is 2.61. The lowest BCUT2D eigenvalue weighted by Gasteiger charge is -2.06. The van der Waals surface area contributed by atoms with Crippen LogP contribution < -0.4 is 0 Å². The predicted molar refractivity (Wildman–Crippen MR) is 55.8 cm³/mol. The number of carbonyl (C=O) groups is 1. The van der Waals surface area contributed by atoms with Gasteiger partial charge in [0.1, 0.15) is 0 Å². The molecule has 74 valence electrons. The standard InChI is InChI=1S/C11H13NOS/c13-9-3-1-2-8-11(9)14-10(12-8)6-7-4-5-7/h7H,1-6H2. The van der Waals surface area contributed by atoms with Crippen LogP contribution in [0.3, 0.4) is 0 Å². The molecule has 1 heterocycles. The van der Waals surface area contributed by atoms with E-state index >= 15 is 0 Å². The monoisotopic (exact) mass is 207 g/mol. The van der Waals surface area contributed by atoms with Crippen LogP contribution in [0.4, 0.5) is 0 Å². The molecule has 1 aromatic rings. The molecule has 1 aromatic heterocycles. The number of rotatable bonds is 2. The topological polar surface area (TPSA) is 30.0 Å². The molecular formula is C11H13NOS. The molecule has 0 saturated heterocycles. The maximum atomic E-state index is 11.6. The Labute approximate surface area is 87.4 Å². The first-order valence-corrected chi connectivity index (χ1v) is 6.16. The second-order valence-electron chi connectivity index (χ2n) is 4.31. The van der Waals surface area contributed by atoms with E-state index in [1.165, 1.54) is 17.8 Å². The fraction of sp³-hybridized carbons (Fsp3) is 0.636. The molecule has 0 unspecified atom stereocenters. The van der Waals surface area contributed by atoms with Gasteiger partial charge in [0.2, 0.25) is 0 Å². The molecule has 0 amide bonds. The van der Waals surface area contributed by atoms with E-state index in [1.54, 1.807) is 11.3 Å². The first-order chi connectivity index (χ1) is 6.83. The van der Waals surface area contributed by atoms with Crippen molar-refractivity contribution in [2.24, 2.45) is 5.92 Å². The Morgan fingerprint density at radius 2 is 2.21 bits per heavy atom. The van der Waals surface area contributed by atoms with Gasteiger partial charge in [-0.15, -0.1) is 11.3 Å². The zero-order chi connectivity index (χ0) is 9.54. The summed E-state index contributed by atoms with van der Waals surface area (Å²) in [6.45, 7) is 0. The largest absolute Gasteiger partial charge is 0.293 e. The van der Waals surface area contributed by atoms with Crippen molar-refractivity contribution in [3.05, 3.63) is 15.6 Å².